The molecule has 3 aromatic rings. The van der Waals surface area contributed by atoms with Gasteiger partial charge in [-0.25, -0.2) is 9.50 Å². The normalized spacial score (nSPS) is 16.5. The van der Waals surface area contributed by atoms with E-state index in [4.69, 9.17) is 16.7 Å². The van der Waals surface area contributed by atoms with Crippen LogP contribution in [0, 0.1) is 6.92 Å². The quantitative estimate of drug-likeness (QED) is 0.774. The average Bonchev–Trinajstić information content (AvgIpc) is 3.19. The van der Waals surface area contributed by atoms with Crippen LogP contribution in [0.3, 0.4) is 0 Å². The van der Waals surface area contributed by atoms with Crippen LogP contribution in [0.5, 0.6) is 0 Å². The molecule has 0 spiro atoms. The fraction of sp³-hybridized carbons (Fsp3) is 0.278. The van der Waals surface area contributed by atoms with E-state index in [2.05, 4.69) is 23.3 Å². The predicted octanol–water partition coefficient (Wildman–Crippen LogP) is 3.73. The third-order valence-electron chi connectivity index (χ3n) is 4.72. The summed E-state index contributed by atoms with van der Waals surface area (Å²) in [7, 11) is 0. The summed E-state index contributed by atoms with van der Waals surface area (Å²) in [4.78, 5) is 16.3. The Morgan fingerprint density at radius 1 is 1.29 bits per heavy atom. The first-order valence-electron chi connectivity index (χ1n) is 8.09. The summed E-state index contributed by atoms with van der Waals surface area (Å²) >= 11 is 6.40. The van der Waals surface area contributed by atoms with E-state index in [1.807, 2.05) is 22.7 Å². The molecule has 0 saturated heterocycles. The van der Waals surface area contributed by atoms with Crippen molar-refractivity contribution >= 4 is 28.8 Å². The minimum Gasteiger partial charge on any atom is -0.324 e. The SMILES string of the molecule is Cc1ccc2nc(C3CC3)nn2c1-c1cc(Cl)c2c(c1)CC(=O)N2. The lowest BCUT2D eigenvalue weighted by atomic mass is 10.0. The molecule has 1 N–H and O–H groups in total. The van der Waals surface area contributed by atoms with Crippen molar-refractivity contribution in [1.29, 1.82) is 0 Å². The van der Waals surface area contributed by atoms with Crippen LogP contribution in [0.2, 0.25) is 5.02 Å². The highest BCUT2D eigenvalue weighted by molar-refractivity contribution is 6.34. The number of amides is 1. The number of halogens is 1. The van der Waals surface area contributed by atoms with Crippen LogP contribution in [-0.4, -0.2) is 20.5 Å². The Hall–Kier alpha value is -2.40. The molecule has 3 heterocycles. The molecule has 1 amide bonds. The number of pyridine rings is 1. The summed E-state index contributed by atoms with van der Waals surface area (Å²) in [6.07, 6.45) is 2.70. The molecule has 0 radical (unpaired) electrons. The molecule has 1 aliphatic heterocycles. The van der Waals surface area contributed by atoms with Gasteiger partial charge >= 0.3 is 0 Å². The molecule has 0 unspecified atom stereocenters. The Bertz CT molecular complexity index is 1020. The molecule has 1 fully saturated rings. The van der Waals surface area contributed by atoms with E-state index in [1.54, 1.807) is 0 Å². The van der Waals surface area contributed by atoms with Crippen LogP contribution in [0.4, 0.5) is 5.69 Å². The van der Waals surface area contributed by atoms with E-state index < -0.39 is 0 Å². The van der Waals surface area contributed by atoms with Gasteiger partial charge in [0.15, 0.2) is 11.5 Å². The van der Waals surface area contributed by atoms with Crippen molar-refractivity contribution in [1.82, 2.24) is 14.6 Å². The van der Waals surface area contributed by atoms with Gasteiger partial charge in [0.25, 0.3) is 0 Å². The topological polar surface area (TPSA) is 59.3 Å². The Kier molecular flexibility index (Phi) is 2.80. The van der Waals surface area contributed by atoms with E-state index in [0.29, 0.717) is 17.4 Å². The summed E-state index contributed by atoms with van der Waals surface area (Å²) in [5, 5.41) is 8.11. The van der Waals surface area contributed by atoms with Gasteiger partial charge in [0, 0.05) is 11.5 Å². The molecule has 120 valence electrons. The molecule has 24 heavy (non-hydrogen) atoms. The van der Waals surface area contributed by atoms with Crippen molar-refractivity contribution in [3.05, 3.63) is 46.2 Å². The minimum atomic E-state index is -0.0178. The van der Waals surface area contributed by atoms with Crippen molar-refractivity contribution in [3.8, 4) is 11.3 Å². The van der Waals surface area contributed by atoms with Crippen LogP contribution >= 0.6 is 11.6 Å². The zero-order valence-corrected chi connectivity index (χ0v) is 13.9. The number of benzene rings is 1. The van der Waals surface area contributed by atoms with Crippen LogP contribution in [0.25, 0.3) is 16.9 Å². The number of carbonyl (C=O) groups excluding carboxylic acids is 1. The van der Waals surface area contributed by atoms with Crippen molar-refractivity contribution in [2.75, 3.05) is 5.32 Å². The van der Waals surface area contributed by atoms with Gasteiger partial charge in [-0.1, -0.05) is 17.7 Å². The summed E-state index contributed by atoms with van der Waals surface area (Å²) in [5.74, 6) is 1.41. The van der Waals surface area contributed by atoms with Crippen molar-refractivity contribution in [3.63, 3.8) is 0 Å². The highest BCUT2D eigenvalue weighted by atomic mass is 35.5. The lowest BCUT2D eigenvalue weighted by Gasteiger charge is -2.11. The van der Waals surface area contributed by atoms with Crippen molar-refractivity contribution in [2.45, 2.75) is 32.1 Å². The zero-order chi connectivity index (χ0) is 16.4. The number of aryl methyl sites for hydroxylation is 1. The van der Waals surface area contributed by atoms with E-state index in [-0.39, 0.29) is 5.91 Å². The molecule has 1 aromatic carbocycles. The van der Waals surface area contributed by atoms with Crippen LogP contribution in [0.1, 0.15) is 35.7 Å². The molecule has 1 aliphatic carbocycles. The first-order chi connectivity index (χ1) is 11.6. The number of rotatable bonds is 2. The molecule has 5 rings (SSSR count). The van der Waals surface area contributed by atoms with Gasteiger partial charge in [-0.15, -0.1) is 0 Å². The maximum atomic E-state index is 11.7. The Morgan fingerprint density at radius 2 is 2.12 bits per heavy atom. The summed E-state index contributed by atoms with van der Waals surface area (Å²) < 4.78 is 1.91. The Morgan fingerprint density at radius 3 is 2.92 bits per heavy atom. The van der Waals surface area contributed by atoms with Gasteiger partial charge < -0.3 is 5.32 Å². The van der Waals surface area contributed by atoms with Gasteiger partial charge in [0.2, 0.25) is 5.91 Å². The number of aromatic nitrogens is 3. The molecular formula is C18H15ClN4O. The van der Waals surface area contributed by atoms with Gasteiger partial charge in [-0.2, -0.15) is 5.10 Å². The first kappa shape index (κ1) is 14.0. The lowest BCUT2D eigenvalue weighted by Crippen LogP contribution is -2.03. The van der Waals surface area contributed by atoms with Gasteiger partial charge in [0.05, 0.1) is 22.8 Å². The molecule has 2 aliphatic rings. The van der Waals surface area contributed by atoms with Crippen molar-refractivity contribution in [2.24, 2.45) is 0 Å². The second-order valence-corrected chi connectivity index (χ2v) is 7.00. The van der Waals surface area contributed by atoms with Crippen molar-refractivity contribution < 1.29 is 4.79 Å². The molecule has 5 nitrogen and oxygen atoms in total. The molecule has 1 saturated carbocycles. The van der Waals surface area contributed by atoms with E-state index >= 15 is 0 Å². The summed E-state index contributed by atoms with van der Waals surface area (Å²) in [5.41, 5.74) is 5.56. The summed E-state index contributed by atoms with van der Waals surface area (Å²) in [6.45, 7) is 2.05. The number of nitrogens with zero attached hydrogens (tertiary/aromatic N) is 3. The first-order valence-corrected chi connectivity index (χ1v) is 8.47. The number of hydrogen-bond donors (Lipinski definition) is 1. The number of hydrogen-bond acceptors (Lipinski definition) is 3. The smallest absolute Gasteiger partial charge is 0.228 e. The Labute approximate surface area is 143 Å². The summed E-state index contributed by atoms with van der Waals surface area (Å²) in [6, 6.07) is 7.98. The molecule has 0 bridgehead atoms. The van der Waals surface area contributed by atoms with Gasteiger partial charge in [-0.3, -0.25) is 4.79 Å². The lowest BCUT2D eigenvalue weighted by molar-refractivity contribution is -0.115. The fourth-order valence-corrected chi connectivity index (χ4v) is 3.65. The molecule has 0 atom stereocenters. The second kappa shape index (κ2) is 4.80. The monoisotopic (exact) mass is 338 g/mol. The van der Waals surface area contributed by atoms with Crippen LogP contribution in [0.15, 0.2) is 24.3 Å². The minimum absolute atomic E-state index is 0.0178. The second-order valence-electron chi connectivity index (χ2n) is 6.60. The number of anilines is 1. The van der Waals surface area contributed by atoms with Crippen LogP contribution in [-0.2, 0) is 11.2 Å². The standard InChI is InChI=1S/C18H15ClN4O/c1-9-2-5-14-20-18(10-3-4-10)22-23(14)17(9)12-6-11-8-15(24)21-16(11)13(19)7-12/h2,5-7,10H,3-4,8H2,1H3,(H,21,24). The predicted molar refractivity (Wildman–Crippen MR) is 92.5 cm³/mol. The van der Waals surface area contributed by atoms with E-state index in [0.717, 1.165) is 39.5 Å². The number of fused-ring (bicyclic) bond motifs is 2. The average molecular weight is 339 g/mol. The highest BCUT2D eigenvalue weighted by Gasteiger charge is 2.29. The maximum Gasteiger partial charge on any atom is 0.228 e. The third kappa shape index (κ3) is 2.04. The maximum absolute atomic E-state index is 11.7. The van der Waals surface area contributed by atoms with E-state index in [1.165, 1.54) is 12.8 Å². The molecule has 6 heteroatoms. The molecule has 2 aromatic heterocycles. The Balaban J connectivity index is 1.74. The third-order valence-corrected chi connectivity index (χ3v) is 5.02. The zero-order valence-electron chi connectivity index (χ0n) is 13.1. The van der Waals surface area contributed by atoms with Gasteiger partial charge in [0.1, 0.15) is 0 Å². The van der Waals surface area contributed by atoms with Gasteiger partial charge in [-0.05, 0) is 49.1 Å². The fourth-order valence-electron chi connectivity index (χ4n) is 3.36. The van der Waals surface area contributed by atoms with E-state index in [9.17, 15) is 4.79 Å². The number of nitrogens with one attached hydrogen (secondary N) is 1. The highest BCUT2D eigenvalue weighted by Crippen LogP contribution is 2.40. The number of carbonyl (C=O) groups is 1. The molecular weight excluding hydrogens is 324 g/mol. The van der Waals surface area contributed by atoms with Crippen LogP contribution < -0.4 is 5.32 Å². The largest absolute Gasteiger partial charge is 0.324 e.